The Morgan fingerprint density at radius 1 is 0.824 bits per heavy atom. The largest absolute Gasteiger partial charge is 0.417 e. The first kappa shape index (κ1) is 12.1. The van der Waals surface area contributed by atoms with Crippen molar-refractivity contribution in [1.82, 2.24) is 0 Å². The maximum absolute atomic E-state index is 12.7. The SMILES string of the molecule is FC(F)(F)c1cccc(-c2ccccc2)c1P. The standard InChI is InChI=1S/C13H10F3P/c14-13(15,16)11-8-4-7-10(12(11)17)9-5-2-1-3-6-9/h1-8H,17H2. The lowest BCUT2D eigenvalue weighted by molar-refractivity contribution is -0.136. The summed E-state index contributed by atoms with van der Waals surface area (Å²) >= 11 is 0. The van der Waals surface area contributed by atoms with Gasteiger partial charge in [0.25, 0.3) is 0 Å². The van der Waals surface area contributed by atoms with Crippen molar-refractivity contribution in [2.45, 2.75) is 6.18 Å². The van der Waals surface area contributed by atoms with Crippen LogP contribution in [0.4, 0.5) is 13.2 Å². The van der Waals surface area contributed by atoms with Gasteiger partial charge in [-0.1, -0.05) is 42.5 Å². The number of rotatable bonds is 1. The molecule has 0 amide bonds. The molecule has 1 atom stereocenters. The summed E-state index contributed by atoms with van der Waals surface area (Å²) in [6.45, 7) is 0. The normalized spacial score (nSPS) is 11.5. The van der Waals surface area contributed by atoms with E-state index >= 15 is 0 Å². The molecule has 2 aromatic carbocycles. The Kier molecular flexibility index (Phi) is 3.21. The van der Waals surface area contributed by atoms with E-state index in [0.29, 0.717) is 5.56 Å². The molecule has 0 spiro atoms. The van der Waals surface area contributed by atoms with Crippen LogP contribution in [0.2, 0.25) is 0 Å². The van der Waals surface area contributed by atoms with Gasteiger partial charge in [-0.15, -0.1) is 9.24 Å². The highest BCUT2D eigenvalue weighted by molar-refractivity contribution is 7.28. The summed E-state index contributed by atoms with van der Waals surface area (Å²) in [5.74, 6) is 0. The molecule has 0 aromatic heterocycles. The summed E-state index contributed by atoms with van der Waals surface area (Å²) in [5, 5.41) is 0.186. The van der Waals surface area contributed by atoms with Crippen molar-refractivity contribution < 1.29 is 13.2 Å². The van der Waals surface area contributed by atoms with Gasteiger partial charge >= 0.3 is 6.18 Å². The van der Waals surface area contributed by atoms with Crippen LogP contribution in [-0.2, 0) is 6.18 Å². The number of hydrogen-bond donors (Lipinski definition) is 0. The van der Waals surface area contributed by atoms with E-state index in [4.69, 9.17) is 0 Å². The average Bonchev–Trinajstić information content (AvgIpc) is 2.29. The molecule has 2 aromatic rings. The third-order valence-electron chi connectivity index (χ3n) is 2.50. The van der Waals surface area contributed by atoms with E-state index in [1.54, 1.807) is 30.3 Å². The van der Waals surface area contributed by atoms with Gasteiger partial charge in [0.05, 0.1) is 5.56 Å². The minimum absolute atomic E-state index is 0.186. The summed E-state index contributed by atoms with van der Waals surface area (Å²) in [5.41, 5.74) is 0.762. The first-order chi connectivity index (χ1) is 8.00. The number of halogens is 3. The molecular weight excluding hydrogens is 244 g/mol. The monoisotopic (exact) mass is 254 g/mol. The van der Waals surface area contributed by atoms with Gasteiger partial charge in [-0.05, 0) is 22.5 Å². The first-order valence-electron chi connectivity index (χ1n) is 5.01. The summed E-state index contributed by atoms with van der Waals surface area (Å²) in [7, 11) is 2.18. The van der Waals surface area contributed by atoms with Gasteiger partial charge in [0, 0.05) is 0 Å². The maximum atomic E-state index is 12.7. The second-order valence-electron chi connectivity index (χ2n) is 3.63. The van der Waals surface area contributed by atoms with E-state index in [1.807, 2.05) is 6.07 Å². The fourth-order valence-electron chi connectivity index (χ4n) is 1.68. The lowest BCUT2D eigenvalue weighted by atomic mass is 10.0. The molecule has 0 saturated carbocycles. The van der Waals surface area contributed by atoms with Crippen molar-refractivity contribution in [3.8, 4) is 11.1 Å². The van der Waals surface area contributed by atoms with Crippen LogP contribution in [0.3, 0.4) is 0 Å². The number of hydrogen-bond acceptors (Lipinski definition) is 0. The zero-order valence-electron chi connectivity index (χ0n) is 8.83. The zero-order chi connectivity index (χ0) is 12.5. The summed E-state index contributed by atoms with van der Waals surface area (Å²) in [6.07, 6.45) is -4.32. The van der Waals surface area contributed by atoms with Gasteiger partial charge in [-0.25, -0.2) is 0 Å². The highest BCUT2D eigenvalue weighted by Crippen LogP contribution is 2.31. The third kappa shape index (κ3) is 2.50. The predicted molar refractivity (Wildman–Crippen MR) is 66.2 cm³/mol. The average molecular weight is 254 g/mol. The fraction of sp³-hybridized carbons (Fsp3) is 0.0769. The quantitative estimate of drug-likeness (QED) is 0.677. The molecule has 0 fully saturated rings. The van der Waals surface area contributed by atoms with Gasteiger partial charge in [0.2, 0.25) is 0 Å². The zero-order valence-corrected chi connectivity index (χ0v) is 9.98. The molecule has 0 heterocycles. The molecular formula is C13H10F3P. The molecule has 88 valence electrons. The molecule has 4 heteroatoms. The summed E-state index contributed by atoms with van der Waals surface area (Å²) in [6, 6.07) is 13.2. The Morgan fingerprint density at radius 3 is 2.06 bits per heavy atom. The smallest absolute Gasteiger partial charge is 0.166 e. The molecule has 1 unspecified atom stereocenters. The van der Waals surface area contributed by atoms with Crippen molar-refractivity contribution in [2.24, 2.45) is 0 Å². The van der Waals surface area contributed by atoms with Crippen molar-refractivity contribution >= 4 is 14.5 Å². The van der Waals surface area contributed by atoms with Crippen LogP contribution in [-0.4, -0.2) is 0 Å². The molecule has 0 bridgehead atoms. The van der Waals surface area contributed by atoms with Gasteiger partial charge in [0.1, 0.15) is 0 Å². The Hall–Kier alpha value is -1.34. The molecule has 0 radical (unpaired) electrons. The van der Waals surface area contributed by atoms with Crippen LogP contribution in [0.15, 0.2) is 48.5 Å². The van der Waals surface area contributed by atoms with Crippen LogP contribution in [0.25, 0.3) is 11.1 Å². The van der Waals surface area contributed by atoms with Crippen LogP contribution < -0.4 is 5.30 Å². The fourth-order valence-corrected chi connectivity index (χ4v) is 2.20. The van der Waals surface area contributed by atoms with E-state index in [0.717, 1.165) is 11.6 Å². The van der Waals surface area contributed by atoms with Gasteiger partial charge in [-0.3, -0.25) is 0 Å². The first-order valence-corrected chi connectivity index (χ1v) is 5.59. The van der Waals surface area contributed by atoms with E-state index in [2.05, 4.69) is 9.24 Å². The molecule has 0 aliphatic rings. The molecule has 0 aliphatic heterocycles. The highest BCUT2D eigenvalue weighted by atomic mass is 31.0. The van der Waals surface area contributed by atoms with Gasteiger partial charge in [0.15, 0.2) is 0 Å². The Bertz CT molecular complexity index is 518. The van der Waals surface area contributed by atoms with E-state index in [1.165, 1.54) is 6.07 Å². The molecule has 0 aliphatic carbocycles. The van der Waals surface area contributed by atoms with Crippen molar-refractivity contribution in [1.29, 1.82) is 0 Å². The van der Waals surface area contributed by atoms with Crippen LogP contribution in [0.5, 0.6) is 0 Å². The van der Waals surface area contributed by atoms with Gasteiger partial charge < -0.3 is 0 Å². The molecule has 2 rings (SSSR count). The highest BCUT2D eigenvalue weighted by Gasteiger charge is 2.32. The lowest BCUT2D eigenvalue weighted by Crippen LogP contribution is -2.16. The van der Waals surface area contributed by atoms with Crippen molar-refractivity contribution in [2.75, 3.05) is 0 Å². The summed E-state index contributed by atoms with van der Waals surface area (Å²) in [4.78, 5) is 0. The minimum atomic E-state index is -4.32. The lowest BCUT2D eigenvalue weighted by Gasteiger charge is -2.13. The second-order valence-corrected chi connectivity index (χ2v) is 4.21. The molecule has 0 nitrogen and oxygen atoms in total. The topological polar surface area (TPSA) is 0 Å². The Labute approximate surface area is 99.7 Å². The van der Waals surface area contributed by atoms with E-state index in [9.17, 15) is 13.2 Å². The maximum Gasteiger partial charge on any atom is 0.417 e. The van der Waals surface area contributed by atoms with Crippen LogP contribution >= 0.6 is 9.24 Å². The Balaban J connectivity index is 2.58. The molecule has 0 saturated heterocycles. The summed E-state index contributed by atoms with van der Waals surface area (Å²) < 4.78 is 38.2. The Morgan fingerprint density at radius 2 is 1.47 bits per heavy atom. The van der Waals surface area contributed by atoms with Gasteiger partial charge in [-0.2, -0.15) is 13.2 Å². The van der Waals surface area contributed by atoms with Crippen molar-refractivity contribution in [3.05, 3.63) is 54.1 Å². The predicted octanol–water partition coefficient (Wildman–Crippen LogP) is 3.87. The number of benzene rings is 2. The van der Waals surface area contributed by atoms with Crippen LogP contribution in [0, 0.1) is 0 Å². The van der Waals surface area contributed by atoms with E-state index < -0.39 is 11.7 Å². The van der Waals surface area contributed by atoms with E-state index in [-0.39, 0.29) is 5.30 Å². The third-order valence-corrected chi connectivity index (χ3v) is 3.12. The second kappa shape index (κ2) is 4.50. The molecule has 17 heavy (non-hydrogen) atoms. The number of alkyl halides is 3. The van der Waals surface area contributed by atoms with Crippen molar-refractivity contribution in [3.63, 3.8) is 0 Å². The molecule has 0 N–H and O–H groups in total. The van der Waals surface area contributed by atoms with Crippen LogP contribution in [0.1, 0.15) is 5.56 Å². The minimum Gasteiger partial charge on any atom is -0.166 e.